The molecule has 1 atom stereocenters. The van der Waals surface area contributed by atoms with E-state index in [1.807, 2.05) is 54.9 Å². The topological polar surface area (TPSA) is 64.1 Å². The Kier molecular flexibility index (Phi) is 4.02. The van der Waals surface area contributed by atoms with Crippen molar-refractivity contribution >= 4 is 0 Å². The highest BCUT2D eigenvalue weighted by atomic mass is 16.3. The SMILES string of the molecule is CCn1nc(C)cc1CC(O)(CN)c1ccccc1. The monoisotopic (exact) mass is 259 g/mol. The molecule has 1 aromatic carbocycles. The number of aliphatic hydroxyl groups is 1. The molecule has 1 aromatic heterocycles. The van der Waals surface area contributed by atoms with E-state index in [-0.39, 0.29) is 6.54 Å². The van der Waals surface area contributed by atoms with Crippen LogP contribution in [0.3, 0.4) is 0 Å². The lowest BCUT2D eigenvalue weighted by atomic mass is 9.89. The van der Waals surface area contributed by atoms with Crippen LogP contribution in [0, 0.1) is 6.92 Å². The number of nitrogens with two attached hydrogens (primary N) is 1. The van der Waals surface area contributed by atoms with E-state index in [9.17, 15) is 5.11 Å². The van der Waals surface area contributed by atoms with E-state index in [2.05, 4.69) is 5.10 Å². The minimum absolute atomic E-state index is 0.185. The molecule has 1 heterocycles. The van der Waals surface area contributed by atoms with Crippen LogP contribution < -0.4 is 5.73 Å². The van der Waals surface area contributed by atoms with Crippen LogP contribution in [0.5, 0.6) is 0 Å². The van der Waals surface area contributed by atoms with Crippen molar-refractivity contribution in [1.29, 1.82) is 0 Å². The Morgan fingerprint density at radius 2 is 2.00 bits per heavy atom. The predicted molar refractivity (Wildman–Crippen MR) is 75.7 cm³/mol. The number of benzene rings is 1. The summed E-state index contributed by atoms with van der Waals surface area (Å²) in [6.45, 7) is 4.98. The van der Waals surface area contributed by atoms with E-state index in [1.165, 1.54) is 0 Å². The summed E-state index contributed by atoms with van der Waals surface area (Å²) in [5, 5.41) is 15.2. The molecule has 4 nitrogen and oxygen atoms in total. The zero-order valence-electron chi connectivity index (χ0n) is 11.5. The van der Waals surface area contributed by atoms with Crippen LogP contribution in [0.4, 0.5) is 0 Å². The first-order valence-electron chi connectivity index (χ1n) is 6.60. The van der Waals surface area contributed by atoms with Gasteiger partial charge in [0.05, 0.1) is 5.69 Å². The van der Waals surface area contributed by atoms with Crippen molar-refractivity contribution < 1.29 is 5.11 Å². The third kappa shape index (κ3) is 2.85. The van der Waals surface area contributed by atoms with E-state index in [0.717, 1.165) is 23.5 Å². The van der Waals surface area contributed by atoms with Crippen LogP contribution in [0.1, 0.15) is 23.9 Å². The Morgan fingerprint density at radius 3 is 2.58 bits per heavy atom. The summed E-state index contributed by atoms with van der Waals surface area (Å²) in [6.07, 6.45) is 0.474. The van der Waals surface area contributed by atoms with E-state index < -0.39 is 5.60 Å². The number of rotatable bonds is 5. The fourth-order valence-electron chi connectivity index (χ4n) is 2.36. The van der Waals surface area contributed by atoms with Crippen LogP contribution in [0.25, 0.3) is 0 Å². The van der Waals surface area contributed by atoms with Crippen molar-refractivity contribution in [2.75, 3.05) is 6.54 Å². The first-order chi connectivity index (χ1) is 9.09. The van der Waals surface area contributed by atoms with Crippen molar-refractivity contribution in [1.82, 2.24) is 9.78 Å². The molecule has 0 aliphatic heterocycles. The van der Waals surface area contributed by atoms with Gasteiger partial charge in [-0.15, -0.1) is 0 Å². The minimum atomic E-state index is -1.04. The number of hydrogen-bond acceptors (Lipinski definition) is 3. The molecule has 2 rings (SSSR count). The van der Waals surface area contributed by atoms with Crippen molar-refractivity contribution in [2.24, 2.45) is 5.73 Å². The molecule has 0 aliphatic carbocycles. The fraction of sp³-hybridized carbons (Fsp3) is 0.400. The largest absolute Gasteiger partial charge is 0.383 e. The van der Waals surface area contributed by atoms with Crippen molar-refractivity contribution in [3.8, 4) is 0 Å². The smallest absolute Gasteiger partial charge is 0.107 e. The third-order valence-corrected chi connectivity index (χ3v) is 3.41. The molecule has 3 N–H and O–H groups in total. The molecule has 2 aromatic rings. The Morgan fingerprint density at radius 1 is 1.32 bits per heavy atom. The van der Waals surface area contributed by atoms with Gasteiger partial charge in [0.15, 0.2) is 0 Å². The zero-order chi connectivity index (χ0) is 13.9. The standard InChI is InChI=1S/C15H21N3O/c1-3-18-14(9-12(2)17-18)10-15(19,11-16)13-7-5-4-6-8-13/h4-9,19H,3,10-11,16H2,1-2H3. The van der Waals surface area contributed by atoms with Gasteiger partial charge in [-0.2, -0.15) is 5.10 Å². The Labute approximate surface area is 113 Å². The van der Waals surface area contributed by atoms with Gasteiger partial charge in [-0.1, -0.05) is 30.3 Å². The molecular weight excluding hydrogens is 238 g/mol. The van der Waals surface area contributed by atoms with Gasteiger partial charge in [-0.05, 0) is 25.5 Å². The van der Waals surface area contributed by atoms with Crippen LogP contribution in [0.2, 0.25) is 0 Å². The lowest BCUT2D eigenvalue weighted by Gasteiger charge is -2.27. The zero-order valence-corrected chi connectivity index (χ0v) is 11.5. The molecule has 0 radical (unpaired) electrons. The Balaban J connectivity index is 2.33. The summed E-state index contributed by atoms with van der Waals surface area (Å²) in [6, 6.07) is 11.6. The number of aromatic nitrogens is 2. The Bertz CT molecular complexity index is 536. The molecule has 102 valence electrons. The second kappa shape index (κ2) is 5.55. The maximum absolute atomic E-state index is 10.8. The van der Waals surface area contributed by atoms with Crippen molar-refractivity contribution in [3.63, 3.8) is 0 Å². The van der Waals surface area contributed by atoms with E-state index >= 15 is 0 Å². The summed E-state index contributed by atoms with van der Waals surface area (Å²) in [5.41, 5.74) is 7.58. The van der Waals surface area contributed by atoms with E-state index in [0.29, 0.717) is 6.42 Å². The van der Waals surface area contributed by atoms with Gasteiger partial charge < -0.3 is 10.8 Å². The van der Waals surface area contributed by atoms with Crippen LogP contribution in [-0.4, -0.2) is 21.4 Å². The van der Waals surface area contributed by atoms with Gasteiger partial charge in [-0.3, -0.25) is 4.68 Å². The van der Waals surface area contributed by atoms with Crippen LogP contribution in [-0.2, 0) is 18.6 Å². The second-order valence-corrected chi connectivity index (χ2v) is 4.87. The second-order valence-electron chi connectivity index (χ2n) is 4.87. The van der Waals surface area contributed by atoms with Gasteiger partial charge in [0.1, 0.15) is 5.60 Å². The van der Waals surface area contributed by atoms with Crippen molar-refractivity contribution in [2.45, 2.75) is 32.4 Å². The number of aryl methyl sites for hydroxylation is 2. The summed E-state index contributed by atoms with van der Waals surface area (Å²) in [4.78, 5) is 0. The summed E-state index contributed by atoms with van der Waals surface area (Å²) < 4.78 is 1.92. The molecule has 0 saturated carbocycles. The quantitative estimate of drug-likeness (QED) is 0.857. The molecule has 1 unspecified atom stereocenters. The highest BCUT2D eigenvalue weighted by Crippen LogP contribution is 2.25. The normalized spacial score (nSPS) is 14.3. The molecule has 0 fully saturated rings. The molecule has 4 heteroatoms. The molecule has 0 spiro atoms. The summed E-state index contributed by atoms with van der Waals surface area (Å²) in [5.74, 6) is 0. The molecular formula is C15H21N3O. The van der Waals surface area contributed by atoms with Gasteiger partial charge in [0, 0.05) is 25.2 Å². The summed E-state index contributed by atoms with van der Waals surface area (Å²) in [7, 11) is 0. The molecule has 0 aliphatic rings. The fourth-order valence-corrected chi connectivity index (χ4v) is 2.36. The average molecular weight is 259 g/mol. The highest BCUT2D eigenvalue weighted by Gasteiger charge is 2.29. The first-order valence-corrected chi connectivity index (χ1v) is 6.60. The van der Waals surface area contributed by atoms with Gasteiger partial charge in [0.2, 0.25) is 0 Å². The molecule has 0 amide bonds. The van der Waals surface area contributed by atoms with Crippen LogP contribution >= 0.6 is 0 Å². The lowest BCUT2D eigenvalue weighted by Crippen LogP contribution is -2.37. The number of nitrogens with zero attached hydrogens (tertiary/aromatic N) is 2. The minimum Gasteiger partial charge on any atom is -0.383 e. The molecule has 19 heavy (non-hydrogen) atoms. The molecule has 0 bridgehead atoms. The van der Waals surface area contributed by atoms with Gasteiger partial charge in [0.25, 0.3) is 0 Å². The predicted octanol–water partition coefficient (Wildman–Crippen LogP) is 1.60. The van der Waals surface area contributed by atoms with Crippen LogP contribution in [0.15, 0.2) is 36.4 Å². The van der Waals surface area contributed by atoms with E-state index in [1.54, 1.807) is 0 Å². The number of hydrogen-bond donors (Lipinski definition) is 2. The summed E-state index contributed by atoms with van der Waals surface area (Å²) >= 11 is 0. The van der Waals surface area contributed by atoms with Gasteiger partial charge in [-0.25, -0.2) is 0 Å². The Hall–Kier alpha value is -1.65. The third-order valence-electron chi connectivity index (χ3n) is 3.41. The lowest BCUT2D eigenvalue weighted by molar-refractivity contribution is 0.0441. The maximum atomic E-state index is 10.8. The average Bonchev–Trinajstić information content (AvgIpc) is 2.79. The first kappa shape index (κ1) is 13.8. The highest BCUT2D eigenvalue weighted by molar-refractivity contribution is 5.25. The maximum Gasteiger partial charge on any atom is 0.107 e. The molecule has 0 saturated heterocycles. The van der Waals surface area contributed by atoms with Gasteiger partial charge >= 0.3 is 0 Å². The van der Waals surface area contributed by atoms with Crippen molar-refractivity contribution in [3.05, 3.63) is 53.3 Å². The van der Waals surface area contributed by atoms with E-state index in [4.69, 9.17) is 5.73 Å².